The van der Waals surface area contributed by atoms with Crippen LogP contribution in [0.25, 0.3) is 0 Å². The van der Waals surface area contributed by atoms with Gasteiger partial charge in [-0.2, -0.15) is 10.1 Å². The van der Waals surface area contributed by atoms with E-state index in [4.69, 9.17) is 4.42 Å². The van der Waals surface area contributed by atoms with Gasteiger partial charge in [0.25, 0.3) is 0 Å². The van der Waals surface area contributed by atoms with Crippen molar-refractivity contribution in [1.29, 1.82) is 0 Å². The van der Waals surface area contributed by atoms with Gasteiger partial charge in [-0.05, 0) is 17.7 Å². The number of ketones is 1. The number of benzene rings is 1. The third-order valence-corrected chi connectivity index (χ3v) is 4.95. The Hall–Kier alpha value is -3.15. The Morgan fingerprint density at radius 1 is 1.16 bits per heavy atom. The molecule has 3 atom stereocenters. The summed E-state index contributed by atoms with van der Waals surface area (Å²) in [7, 11) is 0. The van der Waals surface area contributed by atoms with Gasteiger partial charge in [-0.1, -0.05) is 36.4 Å². The number of hydrogen-bond acceptors (Lipinski definition) is 5. The summed E-state index contributed by atoms with van der Waals surface area (Å²) in [4.78, 5) is 17.3. The number of carbonyl (C=O) groups excluding carboxylic acids is 1. The van der Waals surface area contributed by atoms with Crippen LogP contribution in [0.4, 0.5) is 5.95 Å². The summed E-state index contributed by atoms with van der Waals surface area (Å²) in [6.07, 6.45) is 5.74. The zero-order valence-electron chi connectivity index (χ0n) is 13.4. The second-order valence-corrected chi connectivity index (χ2v) is 6.40. The molecule has 0 radical (unpaired) electrons. The highest BCUT2D eigenvalue weighted by Gasteiger charge is 2.44. The van der Waals surface area contributed by atoms with Crippen molar-refractivity contribution in [2.75, 3.05) is 5.32 Å². The zero-order valence-corrected chi connectivity index (χ0v) is 13.4. The van der Waals surface area contributed by atoms with Gasteiger partial charge in [0.2, 0.25) is 5.95 Å². The van der Waals surface area contributed by atoms with E-state index in [1.807, 2.05) is 30.3 Å². The lowest BCUT2D eigenvalue weighted by Crippen LogP contribution is -2.39. The van der Waals surface area contributed by atoms with Crippen molar-refractivity contribution in [3.8, 4) is 0 Å². The molecular weight excluding hydrogens is 316 g/mol. The molecular formula is C19H16N4O2. The lowest BCUT2D eigenvalue weighted by Gasteiger charge is -2.36. The molecule has 6 heteroatoms. The van der Waals surface area contributed by atoms with Crippen LogP contribution < -0.4 is 5.32 Å². The van der Waals surface area contributed by atoms with Crippen molar-refractivity contribution in [2.24, 2.45) is 5.92 Å². The number of nitrogens with one attached hydrogen (secondary N) is 1. The van der Waals surface area contributed by atoms with E-state index in [0.29, 0.717) is 12.4 Å². The van der Waals surface area contributed by atoms with E-state index in [9.17, 15) is 4.79 Å². The van der Waals surface area contributed by atoms with Gasteiger partial charge in [-0.15, -0.1) is 0 Å². The second kappa shape index (κ2) is 5.44. The largest absolute Gasteiger partial charge is 0.467 e. The number of anilines is 1. The highest BCUT2D eigenvalue weighted by atomic mass is 16.3. The number of Topliss-reactive ketones (excluding diaryl/α,β-unsaturated/α-hetero) is 1. The predicted octanol–water partition coefficient (Wildman–Crippen LogP) is 3.14. The van der Waals surface area contributed by atoms with Gasteiger partial charge in [-0.25, -0.2) is 4.68 Å². The Morgan fingerprint density at radius 2 is 2.04 bits per heavy atom. The summed E-state index contributed by atoms with van der Waals surface area (Å²) < 4.78 is 7.35. The molecule has 1 aliphatic carbocycles. The van der Waals surface area contributed by atoms with E-state index >= 15 is 0 Å². The molecule has 2 aromatic heterocycles. The van der Waals surface area contributed by atoms with Gasteiger partial charge in [-0.3, -0.25) is 4.79 Å². The van der Waals surface area contributed by atoms with E-state index in [1.165, 1.54) is 6.33 Å². The molecule has 6 nitrogen and oxygen atoms in total. The van der Waals surface area contributed by atoms with E-state index < -0.39 is 0 Å². The number of rotatable bonds is 2. The smallest absolute Gasteiger partial charge is 0.226 e. The minimum Gasteiger partial charge on any atom is -0.467 e. The van der Waals surface area contributed by atoms with Crippen LogP contribution >= 0.6 is 0 Å². The van der Waals surface area contributed by atoms with Crippen LogP contribution in [0.1, 0.15) is 29.7 Å². The van der Waals surface area contributed by atoms with Crippen LogP contribution in [-0.2, 0) is 4.79 Å². The maximum atomic E-state index is 13.1. The fraction of sp³-hybridized carbons (Fsp3) is 0.211. The molecule has 3 heterocycles. The molecule has 0 fully saturated rings. The Balaban J connectivity index is 1.62. The number of allylic oxidation sites excluding steroid dienone is 2. The standard InChI is InChI=1S/C19H16N4O2/c24-15-10-13(12-5-2-1-3-6-12)9-14-17(15)18(16-7-4-8-25-16)23-19(22-14)20-11-21-23/h1-9,11,13,17-18H,10H2,(H,20,21,22)/t13-,17-,18-/m0/s1. The Bertz CT molecular complexity index is 943. The molecule has 25 heavy (non-hydrogen) atoms. The topological polar surface area (TPSA) is 73.0 Å². The van der Waals surface area contributed by atoms with Crippen molar-refractivity contribution >= 4 is 11.7 Å². The first-order chi connectivity index (χ1) is 12.3. The molecule has 1 aromatic carbocycles. The van der Waals surface area contributed by atoms with Gasteiger partial charge in [0.15, 0.2) is 0 Å². The van der Waals surface area contributed by atoms with Gasteiger partial charge in [0, 0.05) is 18.0 Å². The second-order valence-electron chi connectivity index (χ2n) is 6.40. The Morgan fingerprint density at radius 3 is 2.84 bits per heavy atom. The highest BCUT2D eigenvalue weighted by molar-refractivity contribution is 5.88. The van der Waals surface area contributed by atoms with E-state index in [-0.39, 0.29) is 23.7 Å². The van der Waals surface area contributed by atoms with E-state index in [2.05, 4.69) is 33.6 Å². The van der Waals surface area contributed by atoms with Crippen molar-refractivity contribution in [2.45, 2.75) is 18.4 Å². The normalized spacial score (nSPS) is 24.9. The molecule has 3 aromatic rings. The number of nitrogens with zero attached hydrogens (tertiary/aromatic N) is 3. The molecule has 124 valence electrons. The maximum absolute atomic E-state index is 13.1. The molecule has 1 aliphatic heterocycles. The molecule has 2 aliphatic rings. The summed E-state index contributed by atoms with van der Waals surface area (Å²) in [6.45, 7) is 0. The van der Waals surface area contributed by atoms with Crippen molar-refractivity contribution < 1.29 is 9.21 Å². The third kappa shape index (κ3) is 2.21. The fourth-order valence-corrected chi connectivity index (χ4v) is 3.83. The zero-order chi connectivity index (χ0) is 16.8. The van der Waals surface area contributed by atoms with Crippen LogP contribution in [-0.4, -0.2) is 20.5 Å². The minimum atomic E-state index is -0.333. The van der Waals surface area contributed by atoms with Crippen molar-refractivity contribution in [1.82, 2.24) is 14.8 Å². The average molecular weight is 332 g/mol. The molecule has 0 saturated carbocycles. The number of fused-ring (bicyclic) bond motifs is 2. The maximum Gasteiger partial charge on any atom is 0.226 e. The predicted molar refractivity (Wildman–Crippen MR) is 90.9 cm³/mol. The lowest BCUT2D eigenvalue weighted by molar-refractivity contribution is -0.123. The van der Waals surface area contributed by atoms with Crippen molar-refractivity contribution in [3.05, 3.63) is 78.2 Å². The monoisotopic (exact) mass is 332 g/mol. The number of carbonyl (C=O) groups is 1. The van der Waals surface area contributed by atoms with Crippen LogP contribution in [0.2, 0.25) is 0 Å². The minimum absolute atomic E-state index is 0.0687. The first-order valence-corrected chi connectivity index (χ1v) is 8.30. The first-order valence-electron chi connectivity index (χ1n) is 8.30. The fourth-order valence-electron chi connectivity index (χ4n) is 3.83. The lowest BCUT2D eigenvalue weighted by atomic mass is 9.77. The summed E-state index contributed by atoms with van der Waals surface area (Å²) in [5, 5.41) is 7.59. The first kappa shape index (κ1) is 14.2. The molecule has 1 N–H and O–H groups in total. The van der Waals surface area contributed by atoms with Crippen LogP contribution in [0.3, 0.4) is 0 Å². The highest BCUT2D eigenvalue weighted by Crippen LogP contribution is 2.43. The van der Waals surface area contributed by atoms with Gasteiger partial charge < -0.3 is 9.73 Å². The average Bonchev–Trinajstić information content (AvgIpc) is 3.32. The molecule has 0 saturated heterocycles. The molecule has 0 amide bonds. The summed E-state index contributed by atoms with van der Waals surface area (Å²) >= 11 is 0. The number of aromatic nitrogens is 3. The Kier molecular flexibility index (Phi) is 3.09. The summed E-state index contributed by atoms with van der Waals surface area (Å²) in [6, 6.07) is 13.5. The molecule has 0 bridgehead atoms. The number of furan rings is 1. The Labute approximate surface area is 144 Å². The molecule has 0 unspecified atom stereocenters. The molecule has 0 spiro atoms. The quantitative estimate of drug-likeness (QED) is 0.780. The number of hydrogen-bond donors (Lipinski definition) is 1. The summed E-state index contributed by atoms with van der Waals surface area (Å²) in [5.41, 5.74) is 2.03. The van der Waals surface area contributed by atoms with Gasteiger partial charge >= 0.3 is 0 Å². The SMILES string of the molecule is O=C1C[C@@H](c2ccccc2)C=C2Nc3ncnn3[C@@H](c3ccco3)[C@H]12. The van der Waals surface area contributed by atoms with Crippen LogP contribution in [0.5, 0.6) is 0 Å². The summed E-state index contributed by atoms with van der Waals surface area (Å²) in [5.74, 6) is 1.27. The van der Waals surface area contributed by atoms with Crippen LogP contribution in [0.15, 0.2) is 71.2 Å². The van der Waals surface area contributed by atoms with Gasteiger partial charge in [0.1, 0.15) is 23.9 Å². The third-order valence-electron chi connectivity index (χ3n) is 4.95. The van der Waals surface area contributed by atoms with Crippen molar-refractivity contribution in [3.63, 3.8) is 0 Å². The van der Waals surface area contributed by atoms with E-state index in [0.717, 1.165) is 17.0 Å². The molecule has 5 rings (SSSR count). The van der Waals surface area contributed by atoms with Gasteiger partial charge in [0.05, 0.1) is 12.2 Å². The van der Waals surface area contributed by atoms with E-state index in [1.54, 1.807) is 10.9 Å². The van der Waals surface area contributed by atoms with Crippen LogP contribution in [0, 0.1) is 5.92 Å².